The van der Waals surface area contributed by atoms with Crippen LogP contribution < -0.4 is 10.9 Å². The molecule has 1 aliphatic heterocycles. The molecule has 3 rings (SSSR count). The summed E-state index contributed by atoms with van der Waals surface area (Å²) in [5.41, 5.74) is 1.61. The van der Waals surface area contributed by atoms with E-state index in [2.05, 4.69) is 10.4 Å². The third-order valence-electron chi connectivity index (χ3n) is 4.75. The van der Waals surface area contributed by atoms with E-state index >= 15 is 0 Å². The van der Waals surface area contributed by atoms with Gasteiger partial charge in [0, 0.05) is 32.4 Å². The number of rotatable bonds is 5. The van der Waals surface area contributed by atoms with Crippen LogP contribution in [0, 0.1) is 13.8 Å². The molecule has 0 bridgehead atoms. The molecule has 10 heteroatoms. The van der Waals surface area contributed by atoms with Crippen LogP contribution in [0.4, 0.5) is 5.69 Å². The summed E-state index contributed by atoms with van der Waals surface area (Å²) < 4.78 is 29.5. The van der Waals surface area contributed by atoms with Crippen molar-refractivity contribution >= 4 is 21.6 Å². The van der Waals surface area contributed by atoms with Gasteiger partial charge in [-0.1, -0.05) is 0 Å². The molecule has 3 heterocycles. The van der Waals surface area contributed by atoms with Crippen LogP contribution in [0.25, 0.3) is 0 Å². The van der Waals surface area contributed by atoms with Crippen LogP contribution in [-0.4, -0.2) is 46.1 Å². The van der Waals surface area contributed by atoms with Crippen molar-refractivity contribution in [3.05, 3.63) is 40.1 Å². The fraction of sp³-hybridized carbons (Fsp3) is 0.471. The Morgan fingerprint density at radius 1 is 1.22 bits per heavy atom. The van der Waals surface area contributed by atoms with Crippen molar-refractivity contribution in [1.82, 2.24) is 18.7 Å². The van der Waals surface area contributed by atoms with E-state index in [-0.39, 0.29) is 11.4 Å². The summed E-state index contributed by atoms with van der Waals surface area (Å²) in [6, 6.07) is 2.47. The Kier molecular flexibility index (Phi) is 5.20. The van der Waals surface area contributed by atoms with Gasteiger partial charge >= 0.3 is 0 Å². The summed E-state index contributed by atoms with van der Waals surface area (Å²) in [6.07, 6.45) is 2.88. The molecule has 2 aromatic heterocycles. The van der Waals surface area contributed by atoms with E-state index in [1.807, 2.05) is 6.92 Å². The molecule has 1 fully saturated rings. The zero-order chi connectivity index (χ0) is 19.8. The van der Waals surface area contributed by atoms with E-state index < -0.39 is 21.5 Å². The molecule has 0 radical (unpaired) electrons. The van der Waals surface area contributed by atoms with Gasteiger partial charge in [0.05, 0.1) is 22.0 Å². The lowest BCUT2D eigenvalue weighted by molar-refractivity contribution is -0.116. The molecule has 0 aromatic carbocycles. The SMILES string of the molecule is Cc1nn(C)c(C)c1NC(=O)Cn1cc(S(=O)(=O)N2CCCC2)ccc1=O. The van der Waals surface area contributed by atoms with Gasteiger partial charge in [-0.25, -0.2) is 8.42 Å². The molecule has 27 heavy (non-hydrogen) atoms. The number of carbonyl (C=O) groups excluding carboxylic acids is 1. The minimum atomic E-state index is -3.65. The summed E-state index contributed by atoms with van der Waals surface area (Å²) >= 11 is 0. The Morgan fingerprint density at radius 2 is 1.89 bits per heavy atom. The first-order valence-electron chi connectivity index (χ1n) is 8.71. The van der Waals surface area contributed by atoms with Crippen molar-refractivity contribution < 1.29 is 13.2 Å². The van der Waals surface area contributed by atoms with Crippen molar-refractivity contribution in [2.45, 2.75) is 38.1 Å². The van der Waals surface area contributed by atoms with E-state index in [0.717, 1.165) is 23.1 Å². The summed E-state index contributed by atoms with van der Waals surface area (Å²) in [5.74, 6) is -0.424. The average Bonchev–Trinajstić information content (AvgIpc) is 3.22. The van der Waals surface area contributed by atoms with Crippen LogP contribution in [-0.2, 0) is 28.4 Å². The molecule has 146 valence electrons. The molecular formula is C17H23N5O4S. The zero-order valence-electron chi connectivity index (χ0n) is 15.6. The Balaban J connectivity index is 1.82. The fourth-order valence-corrected chi connectivity index (χ4v) is 4.69. The number of aryl methyl sites for hydroxylation is 2. The van der Waals surface area contributed by atoms with E-state index in [1.54, 1.807) is 18.7 Å². The number of aromatic nitrogens is 3. The molecule has 2 aromatic rings. The predicted octanol–water partition coefficient (Wildman–Crippen LogP) is 0.622. The van der Waals surface area contributed by atoms with Gasteiger partial charge in [0.2, 0.25) is 15.9 Å². The van der Waals surface area contributed by atoms with E-state index in [0.29, 0.717) is 24.5 Å². The minimum Gasteiger partial charge on any atom is -0.321 e. The number of anilines is 1. The number of nitrogens with zero attached hydrogens (tertiary/aromatic N) is 4. The summed E-state index contributed by atoms with van der Waals surface area (Å²) in [5, 5.41) is 6.97. The summed E-state index contributed by atoms with van der Waals surface area (Å²) in [4.78, 5) is 24.5. The standard InChI is InChI=1S/C17H23N5O4S/c1-12-17(13(2)20(3)19-12)18-15(23)11-21-10-14(6-7-16(21)24)27(25,26)22-8-4-5-9-22/h6-7,10H,4-5,8-9,11H2,1-3H3,(H,18,23). The first-order valence-corrected chi connectivity index (χ1v) is 10.1. The van der Waals surface area contributed by atoms with Gasteiger partial charge in [-0.05, 0) is 32.8 Å². The van der Waals surface area contributed by atoms with Crippen LogP contribution in [0.15, 0.2) is 28.0 Å². The van der Waals surface area contributed by atoms with Gasteiger partial charge in [-0.2, -0.15) is 9.40 Å². The van der Waals surface area contributed by atoms with Crippen molar-refractivity contribution in [3.63, 3.8) is 0 Å². The van der Waals surface area contributed by atoms with E-state index in [1.165, 1.54) is 22.6 Å². The number of pyridine rings is 1. The predicted molar refractivity (Wildman–Crippen MR) is 100 cm³/mol. The molecule has 9 nitrogen and oxygen atoms in total. The number of sulfonamides is 1. The number of amides is 1. The highest BCUT2D eigenvalue weighted by Crippen LogP contribution is 2.20. The van der Waals surface area contributed by atoms with Crippen molar-refractivity contribution in [1.29, 1.82) is 0 Å². The molecule has 1 N–H and O–H groups in total. The topological polar surface area (TPSA) is 106 Å². The number of nitrogens with one attached hydrogen (secondary N) is 1. The maximum atomic E-state index is 12.7. The molecule has 0 saturated carbocycles. The monoisotopic (exact) mass is 393 g/mol. The van der Waals surface area contributed by atoms with Crippen LogP contribution in [0.3, 0.4) is 0 Å². The fourth-order valence-electron chi connectivity index (χ4n) is 3.15. The summed E-state index contributed by atoms with van der Waals surface area (Å²) in [6.45, 7) is 4.27. The Bertz CT molecular complexity index is 1030. The smallest absolute Gasteiger partial charge is 0.251 e. The average molecular weight is 393 g/mol. The minimum absolute atomic E-state index is 0.0190. The largest absolute Gasteiger partial charge is 0.321 e. The second-order valence-electron chi connectivity index (χ2n) is 6.66. The van der Waals surface area contributed by atoms with Crippen molar-refractivity contribution in [2.24, 2.45) is 7.05 Å². The molecule has 0 unspecified atom stereocenters. The third-order valence-corrected chi connectivity index (χ3v) is 6.63. The van der Waals surface area contributed by atoms with Crippen LogP contribution in [0.2, 0.25) is 0 Å². The van der Waals surface area contributed by atoms with Crippen LogP contribution in [0.1, 0.15) is 24.2 Å². The van der Waals surface area contributed by atoms with Crippen molar-refractivity contribution in [3.8, 4) is 0 Å². The number of hydrogen-bond acceptors (Lipinski definition) is 5. The maximum absolute atomic E-state index is 12.7. The Morgan fingerprint density at radius 3 is 2.48 bits per heavy atom. The lowest BCUT2D eigenvalue weighted by atomic mass is 10.3. The van der Waals surface area contributed by atoms with Crippen molar-refractivity contribution in [2.75, 3.05) is 18.4 Å². The van der Waals surface area contributed by atoms with E-state index in [4.69, 9.17) is 0 Å². The summed E-state index contributed by atoms with van der Waals surface area (Å²) in [7, 11) is -1.88. The molecule has 1 aliphatic rings. The Labute approximate surface area is 157 Å². The third kappa shape index (κ3) is 3.81. The van der Waals surface area contributed by atoms with Gasteiger partial charge in [-0.15, -0.1) is 0 Å². The number of hydrogen-bond donors (Lipinski definition) is 1. The van der Waals surface area contributed by atoms with Gasteiger partial charge in [0.15, 0.2) is 0 Å². The van der Waals surface area contributed by atoms with Gasteiger partial charge in [0.1, 0.15) is 6.54 Å². The van der Waals surface area contributed by atoms with Crippen LogP contribution >= 0.6 is 0 Å². The van der Waals surface area contributed by atoms with Gasteiger partial charge < -0.3 is 9.88 Å². The normalized spacial score (nSPS) is 15.2. The zero-order valence-corrected chi connectivity index (χ0v) is 16.4. The number of carbonyl (C=O) groups is 1. The molecule has 1 saturated heterocycles. The highest BCUT2D eigenvalue weighted by Gasteiger charge is 2.27. The van der Waals surface area contributed by atoms with Gasteiger partial charge in [-0.3, -0.25) is 14.3 Å². The lowest BCUT2D eigenvalue weighted by Gasteiger charge is -2.16. The molecule has 0 atom stereocenters. The first-order chi connectivity index (χ1) is 12.7. The highest BCUT2D eigenvalue weighted by molar-refractivity contribution is 7.89. The first kappa shape index (κ1) is 19.3. The Hall–Kier alpha value is -2.46. The van der Waals surface area contributed by atoms with Crippen LogP contribution in [0.5, 0.6) is 0 Å². The molecule has 0 aliphatic carbocycles. The second kappa shape index (κ2) is 7.28. The quantitative estimate of drug-likeness (QED) is 0.802. The maximum Gasteiger partial charge on any atom is 0.251 e. The molecule has 1 amide bonds. The second-order valence-corrected chi connectivity index (χ2v) is 8.60. The van der Waals surface area contributed by atoms with E-state index in [9.17, 15) is 18.0 Å². The molecule has 0 spiro atoms. The molecular weight excluding hydrogens is 370 g/mol. The van der Waals surface area contributed by atoms with Gasteiger partial charge in [0.25, 0.3) is 5.56 Å². The lowest BCUT2D eigenvalue weighted by Crippen LogP contribution is -2.31. The highest BCUT2D eigenvalue weighted by atomic mass is 32.2.